The first-order chi connectivity index (χ1) is 13.8. The van der Waals surface area contributed by atoms with E-state index in [2.05, 4.69) is 0 Å². The second-order valence-corrected chi connectivity index (χ2v) is 8.81. The Kier molecular flexibility index (Phi) is 6.49. The number of likely N-dealkylation sites (N-methyl/N-ethyl adjacent to an activating group) is 1. The molecule has 0 fully saturated rings. The van der Waals surface area contributed by atoms with Gasteiger partial charge in [-0.3, -0.25) is 9.59 Å². The van der Waals surface area contributed by atoms with Crippen LogP contribution in [0.1, 0.15) is 18.4 Å². The number of rotatable bonds is 7. The van der Waals surface area contributed by atoms with E-state index in [9.17, 15) is 14.7 Å². The van der Waals surface area contributed by atoms with Gasteiger partial charge in [0.25, 0.3) is 0 Å². The molecule has 1 aliphatic rings. The number of carboxylic acid groups (broad SMARTS) is 1. The average Bonchev–Trinajstić information content (AvgIpc) is 2.79. The fraction of sp³-hybridized carbons (Fsp3) is 0.364. The highest BCUT2D eigenvalue weighted by Gasteiger charge is 2.43. The highest BCUT2D eigenvalue weighted by molar-refractivity contribution is 8.00. The molecule has 7 heteroatoms. The molecule has 29 heavy (non-hydrogen) atoms. The molecular weight excluding hydrogens is 388 g/mol. The monoisotopic (exact) mass is 414 g/mol. The quantitative estimate of drug-likeness (QED) is 0.748. The van der Waals surface area contributed by atoms with Crippen molar-refractivity contribution in [3.8, 4) is 5.75 Å². The number of ether oxygens (including phenoxy) is 1. The van der Waals surface area contributed by atoms with Crippen molar-refractivity contribution in [2.24, 2.45) is 0 Å². The van der Waals surface area contributed by atoms with Crippen LogP contribution in [0.5, 0.6) is 5.75 Å². The fourth-order valence-corrected chi connectivity index (χ4v) is 5.03. The summed E-state index contributed by atoms with van der Waals surface area (Å²) in [4.78, 5) is 29.9. The van der Waals surface area contributed by atoms with Crippen molar-refractivity contribution in [1.82, 2.24) is 4.90 Å². The van der Waals surface area contributed by atoms with Crippen molar-refractivity contribution in [2.75, 3.05) is 39.2 Å². The highest BCUT2D eigenvalue weighted by Crippen LogP contribution is 2.52. The van der Waals surface area contributed by atoms with Crippen molar-refractivity contribution in [2.45, 2.75) is 22.5 Å². The number of anilines is 1. The Hall–Kier alpha value is -2.51. The van der Waals surface area contributed by atoms with Gasteiger partial charge in [0.15, 0.2) is 0 Å². The summed E-state index contributed by atoms with van der Waals surface area (Å²) >= 11 is 1.46. The molecule has 1 heterocycles. The molecule has 154 valence electrons. The Morgan fingerprint density at radius 3 is 2.52 bits per heavy atom. The third kappa shape index (κ3) is 4.74. The van der Waals surface area contributed by atoms with Gasteiger partial charge in [-0.2, -0.15) is 0 Å². The number of hydrogen-bond donors (Lipinski definition) is 1. The molecule has 1 aliphatic heterocycles. The second-order valence-electron chi connectivity index (χ2n) is 7.39. The molecule has 6 nitrogen and oxygen atoms in total. The molecular formula is C22H26N2O4S. The molecule has 0 bridgehead atoms. The molecule has 1 unspecified atom stereocenters. The zero-order valence-electron chi connectivity index (χ0n) is 16.9. The lowest BCUT2D eigenvalue weighted by Crippen LogP contribution is -2.39. The Morgan fingerprint density at radius 2 is 1.90 bits per heavy atom. The van der Waals surface area contributed by atoms with Gasteiger partial charge in [-0.05, 0) is 43.9 Å². The summed E-state index contributed by atoms with van der Waals surface area (Å²) in [5.41, 5.74) is 1.65. The summed E-state index contributed by atoms with van der Waals surface area (Å²) in [6.45, 7) is 1.27. The fourth-order valence-electron chi connectivity index (χ4n) is 3.53. The van der Waals surface area contributed by atoms with Gasteiger partial charge in [-0.1, -0.05) is 24.3 Å². The van der Waals surface area contributed by atoms with E-state index >= 15 is 0 Å². The molecule has 0 spiro atoms. The van der Waals surface area contributed by atoms with Crippen LogP contribution in [0.25, 0.3) is 0 Å². The minimum absolute atomic E-state index is 0.0682. The topological polar surface area (TPSA) is 70.1 Å². The van der Waals surface area contributed by atoms with Crippen molar-refractivity contribution in [3.05, 3.63) is 54.1 Å². The smallest absolute Gasteiger partial charge is 0.305 e. The minimum atomic E-state index is -0.930. The number of aliphatic carboxylic acids is 1. The lowest BCUT2D eigenvalue weighted by atomic mass is 9.90. The molecule has 0 saturated carbocycles. The Balaban J connectivity index is 2.08. The normalized spacial score (nSPS) is 19.0. The lowest BCUT2D eigenvalue weighted by molar-refractivity contribution is -0.137. The number of methoxy groups -OCH3 is 1. The number of para-hydroxylation sites is 1. The molecule has 0 aliphatic carbocycles. The molecule has 0 saturated heterocycles. The number of amides is 1. The summed E-state index contributed by atoms with van der Waals surface area (Å²) in [5, 5.41) is 9.69. The van der Waals surface area contributed by atoms with Gasteiger partial charge in [0.05, 0.1) is 24.0 Å². The Morgan fingerprint density at radius 1 is 1.21 bits per heavy atom. The number of hydrogen-bond acceptors (Lipinski definition) is 5. The summed E-state index contributed by atoms with van der Waals surface area (Å²) in [6, 6.07) is 15.1. The maximum Gasteiger partial charge on any atom is 0.305 e. The SMILES string of the molecule is COc1ccc(C2(CC(=O)O)CC(=O)N(CCN(C)C)c3ccccc3S2)cc1. The number of carboxylic acids is 1. The van der Waals surface area contributed by atoms with Crippen LogP contribution in [0.3, 0.4) is 0 Å². The van der Waals surface area contributed by atoms with E-state index in [0.717, 1.165) is 22.7 Å². The maximum atomic E-state index is 13.4. The molecule has 1 N–H and O–H groups in total. The van der Waals surface area contributed by atoms with Crippen LogP contribution in [0.4, 0.5) is 5.69 Å². The van der Waals surface area contributed by atoms with Gasteiger partial charge in [-0.25, -0.2) is 0 Å². The van der Waals surface area contributed by atoms with Crippen molar-refractivity contribution >= 4 is 29.3 Å². The third-order valence-electron chi connectivity index (χ3n) is 5.02. The molecule has 1 amide bonds. The number of nitrogens with zero attached hydrogens (tertiary/aromatic N) is 2. The van der Waals surface area contributed by atoms with Gasteiger partial charge in [0, 0.05) is 24.4 Å². The summed E-state index contributed by atoms with van der Waals surface area (Å²) in [5.74, 6) is -0.307. The van der Waals surface area contributed by atoms with E-state index in [1.807, 2.05) is 67.5 Å². The second kappa shape index (κ2) is 8.88. The molecule has 1 atom stereocenters. The number of thioether (sulfide) groups is 1. The predicted octanol–water partition coefficient (Wildman–Crippen LogP) is 3.46. The number of fused-ring (bicyclic) bond motifs is 1. The summed E-state index contributed by atoms with van der Waals surface area (Å²) in [6.07, 6.45) is -0.0377. The van der Waals surface area contributed by atoms with Crippen molar-refractivity contribution in [3.63, 3.8) is 0 Å². The van der Waals surface area contributed by atoms with Gasteiger partial charge >= 0.3 is 5.97 Å². The average molecular weight is 415 g/mol. The number of carbonyl (C=O) groups is 2. The zero-order valence-corrected chi connectivity index (χ0v) is 17.7. The first-order valence-electron chi connectivity index (χ1n) is 9.44. The standard InChI is InChI=1S/C22H26N2O4S/c1-23(2)12-13-24-18-6-4-5-7-19(18)29-22(14-20(24)25,15-21(26)27)16-8-10-17(28-3)11-9-16/h4-11H,12-15H2,1-3H3,(H,26,27). The number of carbonyl (C=O) groups excluding carboxylic acids is 1. The van der Waals surface area contributed by atoms with E-state index in [-0.39, 0.29) is 18.7 Å². The summed E-state index contributed by atoms with van der Waals surface area (Å²) in [7, 11) is 5.52. The van der Waals surface area contributed by atoms with E-state index < -0.39 is 10.7 Å². The first-order valence-corrected chi connectivity index (χ1v) is 10.3. The van der Waals surface area contributed by atoms with Crippen LogP contribution in [0.2, 0.25) is 0 Å². The Labute approximate surface area is 175 Å². The Bertz CT molecular complexity index is 885. The van der Waals surface area contributed by atoms with Gasteiger partial charge in [-0.15, -0.1) is 11.8 Å². The number of benzene rings is 2. The lowest BCUT2D eigenvalue weighted by Gasteiger charge is -2.31. The van der Waals surface area contributed by atoms with Gasteiger partial charge < -0.3 is 19.6 Å². The van der Waals surface area contributed by atoms with Crippen LogP contribution in [0, 0.1) is 0 Å². The predicted molar refractivity (Wildman–Crippen MR) is 115 cm³/mol. The van der Waals surface area contributed by atoms with E-state index in [1.54, 1.807) is 12.0 Å². The largest absolute Gasteiger partial charge is 0.497 e. The molecule has 2 aromatic carbocycles. The van der Waals surface area contributed by atoms with Crippen molar-refractivity contribution < 1.29 is 19.4 Å². The van der Waals surface area contributed by atoms with E-state index in [4.69, 9.17) is 4.74 Å². The van der Waals surface area contributed by atoms with Gasteiger partial charge in [0.2, 0.25) is 5.91 Å². The van der Waals surface area contributed by atoms with Crippen LogP contribution < -0.4 is 9.64 Å². The first kappa shape index (κ1) is 21.2. The van der Waals surface area contributed by atoms with Crippen LogP contribution in [-0.4, -0.2) is 56.2 Å². The highest BCUT2D eigenvalue weighted by atomic mass is 32.2. The van der Waals surface area contributed by atoms with Gasteiger partial charge in [0.1, 0.15) is 5.75 Å². The van der Waals surface area contributed by atoms with Crippen LogP contribution >= 0.6 is 11.8 Å². The van der Waals surface area contributed by atoms with Crippen LogP contribution in [0.15, 0.2) is 53.4 Å². The van der Waals surface area contributed by atoms with E-state index in [0.29, 0.717) is 12.3 Å². The van der Waals surface area contributed by atoms with Crippen molar-refractivity contribution in [1.29, 1.82) is 0 Å². The third-order valence-corrected chi connectivity index (χ3v) is 6.50. The summed E-state index contributed by atoms with van der Waals surface area (Å²) < 4.78 is 4.35. The van der Waals surface area contributed by atoms with Crippen LogP contribution in [-0.2, 0) is 14.3 Å². The molecule has 2 aromatic rings. The molecule has 3 rings (SSSR count). The molecule has 0 radical (unpaired) electrons. The van der Waals surface area contributed by atoms with E-state index in [1.165, 1.54) is 11.8 Å². The zero-order chi connectivity index (χ0) is 21.0. The maximum absolute atomic E-state index is 13.4. The minimum Gasteiger partial charge on any atom is -0.497 e. The molecule has 0 aromatic heterocycles.